The number of ether oxygens (including phenoxy) is 3. The van der Waals surface area contributed by atoms with Gasteiger partial charge < -0.3 is 24.8 Å². The van der Waals surface area contributed by atoms with E-state index < -0.39 is 0 Å². The number of hydrogen-bond acceptors (Lipinski definition) is 5. The Morgan fingerprint density at radius 3 is 2.48 bits per heavy atom. The van der Waals surface area contributed by atoms with Crippen LogP contribution >= 0.6 is 0 Å². The third-order valence-corrected chi connectivity index (χ3v) is 3.90. The van der Waals surface area contributed by atoms with Gasteiger partial charge in [-0.1, -0.05) is 13.3 Å². The van der Waals surface area contributed by atoms with Crippen LogP contribution in [-0.2, 0) is 14.2 Å². The van der Waals surface area contributed by atoms with Gasteiger partial charge in [0.15, 0.2) is 5.96 Å². The Kier molecular flexibility index (Phi) is 14.7. The molecule has 7 nitrogen and oxygen atoms in total. The molecule has 148 valence electrons. The molecule has 0 aromatic heterocycles. The zero-order valence-corrected chi connectivity index (χ0v) is 16.2. The molecule has 0 bridgehead atoms. The molecule has 0 saturated carbocycles. The molecule has 0 radical (unpaired) electrons. The van der Waals surface area contributed by atoms with E-state index in [2.05, 4.69) is 34.4 Å². The predicted octanol–water partition coefficient (Wildman–Crippen LogP) is 1.10. The molecule has 0 aromatic rings. The van der Waals surface area contributed by atoms with Gasteiger partial charge in [0.2, 0.25) is 0 Å². The Bertz CT molecular complexity index is 323. The second-order valence-corrected chi connectivity index (χ2v) is 6.07. The summed E-state index contributed by atoms with van der Waals surface area (Å²) in [5, 5.41) is 6.58. The monoisotopic (exact) mass is 358 g/mol. The highest BCUT2D eigenvalue weighted by Gasteiger charge is 2.08. The first-order valence-corrected chi connectivity index (χ1v) is 9.84. The number of unbranched alkanes of at least 4 members (excludes halogenated alkanes) is 1. The second-order valence-electron chi connectivity index (χ2n) is 6.07. The average molecular weight is 359 g/mol. The Balaban J connectivity index is 2.01. The lowest BCUT2D eigenvalue weighted by Gasteiger charge is -2.26. The molecule has 0 spiro atoms. The molecule has 0 aliphatic carbocycles. The van der Waals surface area contributed by atoms with Crippen molar-refractivity contribution >= 4 is 5.96 Å². The summed E-state index contributed by atoms with van der Waals surface area (Å²) in [6.45, 7) is 14.4. The summed E-state index contributed by atoms with van der Waals surface area (Å²) < 4.78 is 16.4. The van der Waals surface area contributed by atoms with E-state index >= 15 is 0 Å². The first kappa shape index (κ1) is 22.2. The van der Waals surface area contributed by atoms with Crippen molar-refractivity contribution in [1.82, 2.24) is 15.5 Å². The van der Waals surface area contributed by atoms with Crippen molar-refractivity contribution in [3.05, 3.63) is 0 Å². The van der Waals surface area contributed by atoms with Crippen LogP contribution in [0.15, 0.2) is 4.99 Å². The van der Waals surface area contributed by atoms with Gasteiger partial charge in [0.25, 0.3) is 0 Å². The number of hydrogen-bond donors (Lipinski definition) is 2. The maximum Gasteiger partial charge on any atom is 0.191 e. The highest BCUT2D eigenvalue weighted by molar-refractivity contribution is 5.79. The predicted molar refractivity (Wildman–Crippen MR) is 102 cm³/mol. The van der Waals surface area contributed by atoms with Gasteiger partial charge in [-0.05, 0) is 19.8 Å². The van der Waals surface area contributed by atoms with Crippen LogP contribution in [0.3, 0.4) is 0 Å². The van der Waals surface area contributed by atoms with E-state index in [1.807, 2.05) is 0 Å². The van der Waals surface area contributed by atoms with E-state index in [0.717, 1.165) is 77.9 Å². The molecular formula is C18H38N4O3. The van der Waals surface area contributed by atoms with Gasteiger partial charge in [-0.3, -0.25) is 9.89 Å². The van der Waals surface area contributed by atoms with E-state index in [-0.39, 0.29) is 0 Å². The number of rotatable bonds is 14. The van der Waals surface area contributed by atoms with E-state index in [4.69, 9.17) is 14.2 Å². The molecular weight excluding hydrogens is 320 g/mol. The van der Waals surface area contributed by atoms with Crippen LogP contribution < -0.4 is 10.6 Å². The summed E-state index contributed by atoms with van der Waals surface area (Å²) in [6, 6.07) is 0. The molecule has 1 saturated heterocycles. The summed E-state index contributed by atoms with van der Waals surface area (Å²) in [7, 11) is 0. The lowest BCUT2D eigenvalue weighted by Crippen LogP contribution is -2.39. The van der Waals surface area contributed by atoms with Crippen molar-refractivity contribution in [1.29, 1.82) is 0 Å². The number of nitrogens with one attached hydrogen (secondary N) is 2. The van der Waals surface area contributed by atoms with Crippen molar-refractivity contribution in [2.75, 3.05) is 78.9 Å². The summed E-state index contributed by atoms with van der Waals surface area (Å²) in [5.41, 5.74) is 0. The minimum Gasteiger partial charge on any atom is -0.379 e. The van der Waals surface area contributed by atoms with E-state index in [9.17, 15) is 0 Å². The molecule has 1 rings (SSSR count). The maximum absolute atomic E-state index is 5.56. The molecule has 0 atom stereocenters. The Labute approximate surface area is 153 Å². The first-order valence-electron chi connectivity index (χ1n) is 9.84. The SMILES string of the molecule is CCCCOCCOCCNC(=NCCCN1CCOCC1)NCC. The fraction of sp³-hybridized carbons (Fsp3) is 0.944. The standard InChI is InChI=1S/C18H38N4O3/c1-3-5-12-23-16-17-24-13-8-21-18(19-4-2)20-7-6-9-22-10-14-25-15-11-22/h3-17H2,1-2H3,(H2,19,20,21). The van der Waals surface area contributed by atoms with Crippen LogP contribution in [0.1, 0.15) is 33.1 Å². The quantitative estimate of drug-likeness (QED) is 0.275. The van der Waals surface area contributed by atoms with Crippen LogP contribution in [0.25, 0.3) is 0 Å². The van der Waals surface area contributed by atoms with Crippen molar-refractivity contribution in [3.8, 4) is 0 Å². The van der Waals surface area contributed by atoms with Crippen molar-refractivity contribution in [3.63, 3.8) is 0 Å². The smallest absolute Gasteiger partial charge is 0.191 e. The lowest BCUT2D eigenvalue weighted by molar-refractivity contribution is 0.0377. The minimum absolute atomic E-state index is 0.651. The topological polar surface area (TPSA) is 67.4 Å². The summed E-state index contributed by atoms with van der Waals surface area (Å²) in [5.74, 6) is 0.868. The fourth-order valence-electron chi connectivity index (χ4n) is 2.46. The molecule has 1 aliphatic rings. The molecule has 2 N–H and O–H groups in total. The first-order chi connectivity index (χ1) is 12.4. The van der Waals surface area contributed by atoms with Crippen LogP contribution in [0.5, 0.6) is 0 Å². The van der Waals surface area contributed by atoms with Crippen molar-refractivity contribution < 1.29 is 14.2 Å². The average Bonchev–Trinajstić information content (AvgIpc) is 2.64. The Morgan fingerprint density at radius 2 is 1.76 bits per heavy atom. The minimum atomic E-state index is 0.651. The summed E-state index contributed by atoms with van der Waals surface area (Å²) in [6.07, 6.45) is 3.36. The van der Waals surface area contributed by atoms with Crippen LogP contribution in [0.4, 0.5) is 0 Å². The van der Waals surface area contributed by atoms with Gasteiger partial charge in [0.05, 0.1) is 33.0 Å². The van der Waals surface area contributed by atoms with Crippen LogP contribution in [0, 0.1) is 0 Å². The molecule has 1 heterocycles. The van der Waals surface area contributed by atoms with Gasteiger partial charge in [0, 0.05) is 45.9 Å². The third kappa shape index (κ3) is 13.0. The van der Waals surface area contributed by atoms with E-state index in [0.29, 0.717) is 19.8 Å². The van der Waals surface area contributed by atoms with Crippen molar-refractivity contribution in [2.24, 2.45) is 4.99 Å². The highest BCUT2D eigenvalue weighted by Crippen LogP contribution is 1.98. The lowest BCUT2D eigenvalue weighted by atomic mass is 10.3. The molecule has 1 aliphatic heterocycles. The second kappa shape index (κ2) is 16.6. The highest BCUT2D eigenvalue weighted by atomic mass is 16.5. The molecule has 0 aromatic carbocycles. The zero-order valence-electron chi connectivity index (χ0n) is 16.2. The van der Waals surface area contributed by atoms with Gasteiger partial charge in [-0.25, -0.2) is 0 Å². The molecule has 25 heavy (non-hydrogen) atoms. The van der Waals surface area contributed by atoms with Crippen LogP contribution in [0.2, 0.25) is 0 Å². The normalized spacial score (nSPS) is 16.2. The van der Waals surface area contributed by atoms with Gasteiger partial charge >= 0.3 is 0 Å². The fourth-order valence-corrected chi connectivity index (χ4v) is 2.46. The van der Waals surface area contributed by atoms with Crippen LogP contribution in [-0.4, -0.2) is 89.8 Å². The Morgan fingerprint density at radius 1 is 1.00 bits per heavy atom. The number of nitrogens with zero attached hydrogens (tertiary/aromatic N) is 2. The molecule has 0 unspecified atom stereocenters. The Hall–Kier alpha value is -0.890. The van der Waals surface area contributed by atoms with Gasteiger partial charge in [-0.15, -0.1) is 0 Å². The molecule has 0 amide bonds. The summed E-state index contributed by atoms with van der Waals surface area (Å²) in [4.78, 5) is 7.06. The van der Waals surface area contributed by atoms with E-state index in [1.54, 1.807) is 0 Å². The number of morpholine rings is 1. The van der Waals surface area contributed by atoms with Gasteiger partial charge in [-0.2, -0.15) is 0 Å². The van der Waals surface area contributed by atoms with E-state index in [1.165, 1.54) is 6.42 Å². The number of guanidine groups is 1. The van der Waals surface area contributed by atoms with Crippen molar-refractivity contribution in [2.45, 2.75) is 33.1 Å². The van der Waals surface area contributed by atoms with Gasteiger partial charge in [0.1, 0.15) is 0 Å². The maximum atomic E-state index is 5.56. The molecule has 7 heteroatoms. The third-order valence-electron chi connectivity index (χ3n) is 3.90. The molecule has 1 fully saturated rings. The number of aliphatic imine (C=N–C) groups is 1. The largest absolute Gasteiger partial charge is 0.379 e. The zero-order chi connectivity index (χ0) is 18.0. The summed E-state index contributed by atoms with van der Waals surface area (Å²) >= 11 is 0.